The van der Waals surface area contributed by atoms with Gasteiger partial charge < -0.3 is 15.4 Å². The summed E-state index contributed by atoms with van der Waals surface area (Å²) in [4.78, 5) is 25.7. The summed E-state index contributed by atoms with van der Waals surface area (Å²) in [6.45, 7) is 8.82. The molecule has 1 aromatic rings. The zero-order valence-electron chi connectivity index (χ0n) is 14.4. The molecule has 0 saturated carbocycles. The molecule has 1 aromatic heterocycles. The molecule has 0 unspecified atom stereocenters. The molecule has 0 radical (unpaired) electrons. The van der Waals surface area contributed by atoms with E-state index in [4.69, 9.17) is 4.74 Å². The smallest absolute Gasteiger partial charge is 0.341 e. The number of amides is 1. The summed E-state index contributed by atoms with van der Waals surface area (Å²) in [5, 5.41) is 5.55. The quantitative estimate of drug-likeness (QED) is 0.778. The Morgan fingerprint density at radius 3 is 2.83 bits per heavy atom. The van der Waals surface area contributed by atoms with Gasteiger partial charge >= 0.3 is 5.97 Å². The summed E-state index contributed by atoms with van der Waals surface area (Å²) in [5.74, 6) is 0.229. The van der Waals surface area contributed by atoms with Crippen LogP contribution in [0, 0.1) is 5.92 Å². The highest BCUT2D eigenvalue weighted by Gasteiger charge is 2.29. The molecule has 1 aliphatic rings. The van der Waals surface area contributed by atoms with Crippen molar-refractivity contribution >= 4 is 28.2 Å². The number of carbonyl (C=O) groups excluding carboxylic acids is 2. The summed E-state index contributed by atoms with van der Waals surface area (Å²) in [6.07, 6.45) is 2.93. The van der Waals surface area contributed by atoms with E-state index in [9.17, 15) is 9.59 Å². The summed E-state index contributed by atoms with van der Waals surface area (Å²) in [6, 6.07) is 0.364. The van der Waals surface area contributed by atoms with Gasteiger partial charge in [-0.3, -0.25) is 4.79 Å². The molecule has 23 heavy (non-hydrogen) atoms. The summed E-state index contributed by atoms with van der Waals surface area (Å²) < 4.78 is 5.21. The maximum absolute atomic E-state index is 12.4. The monoisotopic (exact) mass is 339 g/mol. The Hall–Kier alpha value is -1.40. The largest absolute Gasteiger partial charge is 0.462 e. The Kier molecular flexibility index (Phi) is 6.18. The second kappa shape index (κ2) is 7.93. The molecule has 1 heterocycles. The molecule has 0 bridgehead atoms. The van der Waals surface area contributed by atoms with Crippen molar-refractivity contribution in [3.63, 3.8) is 0 Å². The van der Waals surface area contributed by atoms with E-state index in [0.717, 1.165) is 24.8 Å². The third-order valence-corrected chi connectivity index (χ3v) is 5.19. The van der Waals surface area contributed by atoms with Crippen molar-refractivity contribution < 1.29 is 19.6 Å². The minimum Gasteiger partial charge on any atom is -0.462 e. The van der Waals surface area contributed by atoms with Gasteiger partial charge in [0, 0.05) is 4.88 Å². The third-order valence-electron chi connectivity index (χ3n) is 4.02. The van der Waals surface area contributed by atoms with Gasteiger partial charge in [0.25, 0.3) is 5.91 Å². The molecule has 6 heteroatoms. The van der Waals surface area contributed by atoms with Crippen LogP contribution in [0.1, 0.15) is 54.9 Å². The molecular formula is C17H27N2O3S+. The van der Waals surface area contributed by atoms with Gasteiger partial charge in [0.05, 0.1) is 18.2 Å². The molecule has 0 aliphatic heterocycles. The maximum atomic E-state index is 12.4. The van der Waals surface area contributed by atoms with Gasteiger partial charge in [-0.15, -0.1) is 11.3 Å². The molecule has 0 saturated heterocycles. The molecule has 3 N–H and O–H groups in total. The average molecular weight is 339 g/mol. The van der Waals surface area contributed by atoms with Crippen LogP contribution in [0.4, 0.5) is 5.00 Å². The molecule has 1 amide bonds. The van der Waals surface area contributed by atoms with Gasteiger partial charge in [-0.1, -0.05) is 6.92 Å². The summed E-state index contributed by atoms with van der Waals surface area (Å²) >= 11 is 1.54. The fourth-order valence-corrected chi connectivity index (χ4v) is 4.19. The second-order valence-corrected chi connectivity index (χ2v) is 7.61. The first kappa shape index (κ1) is 17.9. The van der Waals surface area contributed by atoms with E-state index < -0.39 is 0 Å². The van der Waals surface area contributed by atoms with Crippen LogP contribution >= 0.6 is 11.3 Å². The number of rotatable bonds is 6. The van der Waals surface area contributed by atoms with Gasteiger partial charge in [-0.25, -0.2) is 4.79 Å². The maximum Gasteiger partial charge on any atom is 0.341 e. The van der Waals surface area contributed by atoms with Crippen molar-refractivity contribution in [3.8, 4) is 0 Å². The number of ether oxygens (including phenoxy) is 1. The third kappa shape index (κ3) is 4.54. The fraction of sp³-hybridized carbons (Fsp3) is 0.647. The normalized spacial score (nSPS) is 17.0. The van der Waals surface area contributed by atoms with Crippen molar-refractivity contribution in [2.24, 2.45) is 5.92 Å². The van der Waals surface area contributed by atoms with Crippen LogP contribution in [0.3, 0.4) is 0 Å². The highest BCUT2D eigenvalue weighted by atomic mass is 32.1. The lowest BCUT2D eigenvalue weighted by atomic mass is 9.88. The lowest BCUT2D eigenvalue weighted by Gasteiger charge is -2.18. The highest BCUT2D eigenvalue weighted by molar-refractivity contribution is 7.17. The minimum atomic E-state index is -0.317. The standard InChI is InChI=1S/C17H26N2O3S/c1-5-22-17(21)15-12-7-6-11(4)8-13(12)23-16(15)19-14(20)9-18-10(2)3/h10-11,18H,5-9H2,1-4H3,(H,19,20)/p+1/t11-/m1/s1. The average Bonchev–Trinajstić information content (AvgIpc) is 2.82. The number of carbonyl (C=O) groups is 2. The number of esters is 1. The lowest BCUT2D eigenvalue weighted by molar-refractivity contribution is -0.672. The van der Waals surface area contributed by atoms with Crippen LogP contribution in [0.25, 0.3) is 0 Å². The Morgan fingerprint density at radius 1 is 1.43 bits per heavy atom. The first-order valence-electron chi connectivity index (χ1n) is 8.37. The Balaban J connectivity index is 2.23. The van der Waals surface area contributed by atoms with Gasteiger partial charge in [0.2, 0.25) is 0 Å². The first-order chi connectivity index (χ1) is 10.9. The summed E-state index contributed by atoms with van der Waals surface area (Å²) in [5.41, 5.74) is 1.66. The van der Waals surface area contributed by atoms with Crippen molar-refractivity contribution in [2.75, 3.05) is 18.5 Å². The number of fused-ring (bicyclic) bond motifs is 1. The van der Waals surface area contributed by atoms with Crippen LogP contribution in [0.5, 0.6) is 0 Å². The molecule has 0 fully saturated rings. The molecule has 128 valence electrons. The zero-order valence-corrected chi connectivity index (χ0v) is 15.2. The van der Waals surface area contributed by atoms with E-state index in [1.165, 1.54) is 16.2 Å². The van der Waals surface area contributed by atoms with Gasteiger partial charge in [-0.05, 0) is 51.5 Å². The first-order valence-corrected chi connectivity index (χ1v) is 9.18. The molecule has 5 nitrogen and oxygen atoms in total. The van der Waals surface area contributed by atoms with Crippen molar-refractivity contribution in [2.45, 2.75) is 53.0 Å². The van der Waals surface area contributed by atoms with E-state index in [1.807, 2.05) is 19.2 Å². The van der Waals surface area contributed by atoms with Gasteiger partial charge in [0.15, 0.2) is 6.54 Å². The number of quaternary nitrogens is 1. The van der Waals surface area contributed by atoms with Crippen molar-refractivity contribution in [1.82, 2.24) is 0 Å². The predicted molar refractivity (Wildman–Crippen MR) is 92.0 cm³/mol. The molecule has 0 aromatic carbocycles. The van der Waals surface area contributed by atoms with E-state index in [2.05, 4.69) is 12.2 Å². The van der Waals surface area contributed by atoms with Crippen LogP contribution in [0.2, 0.25) is 0 Å². The molecule has 2 rings (SSSR count). The van der Waals surface area contributed by atoms with Crippen LogP contribution in [-0.2, 0) is 22.4 Å². The number of thiophene rings is 1. The Morgan fingerprint density at radius 2 is 2.17 bits per heavy atom. The Bertz CT molecular complexity index is 581. The predicted octanol–water partition coefficient (Wildman–Crippen LogP) is 1.96. The van der Waals surface area contributed by atoms with Crippen LogP contribution < -0.4 is 10.6 Å². The zero-order chi connectivity index (χ0) is 17.0. The fourth-order valence-electron chi connectivity index (χ4n) is 2.78. The van der Waals surface area contributed by atoms with Gasteiger partial charge in [-0.2, -0.15) is 0 Å². The summed E-state index contributed by atoms with van der Waals surface area (Å²) in [7, 11) is 0. The highest BCUT2D eigenvalue weighted by Crippen LogP contribution is 2.40. The second-order valence-electron chi connectivity index (χ2n) is 6.51. The van der Waals surface area contributed by atoms with Crippen LogP contribution in [-0.4, -0.2) is 31.1 Å². The molecule has 0 spiro atoms. The SMILES string of the molecule is CCOC(=O)c1c(NC(=O)C[NH2+]C(C)C)sc2c1CC[C@@H](C)C2. The molecule has 1 atom stereocenters. The number of hydrogen-bond acceptors (Lipinski definition) is 4. The van der Waals surface area contributed by atoms with Gasteiger partial charge in [0.1, 0.15) is 5.00 Å². The van der Waals surface area contributed by atoms with E-state index >= 15 is 0 Å². The molecular weight excluding hydrogens is 312 g/mol. The number of anilines is 1. The van der Waals surface area contributed by atoms with Crippen LogP contribution in [0.15, 0.2) is 0 Å². The van der Waals surface area contributed by atoms with Crippen molar-refractivity contribution in [1.29, 1.82) is 0 Å². The number of nitrogens with one attached hydrogen (secondary N) is 1. The van der Waals surface area contributed by atoms with Crippen molar-refractivity contribution in [3.05, 3.63) is 16.0 Å². The Labute approximate surface area is 141 Å². The topological polar surface area (TPSA) is 72.0 Å². The number of nitrogens with two attached hydrogens (primary N) is 1. The van der Waals surface area contributed by atoms with E-state index in [1.54, 1.807) is 6.92 Å². The van der Waals surface area contributed by atoms with E-state index in [0.29, 0.717) is 35.7 Å². The molecule has 1 aliphatic carbocycles. The van der Waals surface area contributed by atoms with E-state index in [-0.39, 0.29) is 11.9 Å². The number of hydrogen-bond donors (Lipinski definition) is 2. The minimum absolute atomic E-state index is 0.0732. The lowest BCUT2D eigenvalue weighted by Crippen LogP contribution is -2.90.